The van der Waals surface area contributed by atoms with Crippen molar-refractivity contribution < 1.29 is 16.8 Å². The molecule has 0 aromatic heterocycles. The smallest absolute Gasteiger partial charge is 0.258 e. The molecule has 7 heteroatoms. The lowest BCUT2D eigenvalue weighted by Gasteiger charge is -2.29. The number of benzene rings is 2. The maximum absolute atomic E-state index is 13.3. The van der Waals surface area contributed by atoms with Crippen molar-refractivity contribution in [1.82, 2.24) is 0 Å². The van der Waals surface area contributed by atoms with Gasteiger partial charge in [0.25, 0.3) is 10.0 Å². The summed E-state index contributed by atoms with van der Waals surface area (Å²) in [6, 6.07) is 12.7. The van der Waals surface area contributed by atoms with Crippen molar-refractivity contribution in [1.29, 1.82) is 0 Å². The van der Waals surface area contributed by atoms with Gasteiger partial charge in [-0.1, -0.05) is 24.3 Å². The van der Waals surface area contributed by atoms with Crippen LogP contribution in [0.2, 0.25) is 0 Å². The van der Waals surface area contributed by atoms with Gasteiger partial charge < -0.3 is 0 Å². The second kappa shape index (κ2) is 6.31. The van der Waals surface area contributed by atoms with Crippen LogP contribution in [0.5, 0.6) is 0 Å². The lowest BCUT2D eigenvalue weighted by atomic mass is 10.1. The highest BCUT2D eigenvalue weighted by molar-refractivity contribution is 7.95. The molecule has 2 aromatic rings. The van der Waals surface area contributed by atoms with E-state index in [1.807, 2.05) is 13.8 Å². The lowest BCUT2D eigenvalue weighted by molar-refractivity contribution is 0.586. The predicted molar refractivity (Wildman–Crippen MR) is 98.7 cm³/mol. The molecular formula is C18H19NO4S2. The van der Waals surface area contributed by atoms with Crippen LogP contribution in [0, 0.1) is 13.8 Å². The Morgan fingerprint density at radius 1 is 1.00 bits per heavy atom. The first kappa shape index (κ1) is 17.7. The summed E-state index contributed by atoms with van der Waals surface area (Å²) in [5.74, 6) is -0.258. The van der Waals surface area contributed by atoms with Gasteiger partial charge in [-0.15, -0.1) is 0 Å². The van der Waals surface area contributed by atoms with Gasteiger partial charge in [0.1, 0.15) is 0 Å². The van der Waals surface area contributed by atoms with E-state index in [2.05, 4.69) is 0 Å². The van der Waals surface area contributed by atoms with Gasteiger partial charge in [0.05, 0.1) is 22.4 Å². The zero-order valence-corrected chi connectivity index (χ0v) is 15.6. The van der Waals surface area contributed by atoms with E-state index in [0.717, 1.165) is 16.5 Å². The molecule has 0 spiro atoms. The number of para-hydroxylation sites is 1. The van der Waals surface area contributed by atoms with Crippen LogP contribution in [0.1, 0.15) is 11.1 Å². The molecule has 0 radical (unpaired) electrons. The Hall–Kier alpha value is -2.12. The quantitative estimate of drug-likeness (QED) is 0.821. The Morgan fingerprint density at radius 2 is 1.68 bits per heavy atom. The van der Waals surface area contributed by atoms with Crippen molar-refractivity contribution in [3.8, 4) is 0 Å². The average molecular weight is 377 g/mol. The van der Waals surface area contributed by atoms with Crippen molar-refractivity contribution in [3.63, 3.8) is 0 Å². The molecule has 0 unspecified atom stereocenters. The molecule has 0 fully saturated rings. The molecule has 1 aliphatic rings. The van der Waals surface area contributed by atoms with Crippen LogP contribution in [0.4, 0.5) is 5.69 Å². The third-order valence-corrected chi connectivity index (χ3v) is 7.49. The van der Waals surface area contributed by atoms with Crippen molar-refractivity contribution in [2.75, 3.05) is 10.1 Å². The fourth-order valence-electron chi connectivity index (χ4n) is 2.78. The van der Waals surface area contributed by atoms with E-state index >= 15 is 0 Å². The fraction of sp³-hybridized carbons (Fsp3) is 0.222. The van der Waals surface area contributed by atoms with Crippen LogP contribution in [0.15, 0.2) is 64.9 Å². The number of aryl methyl sites for hydroxylation is 2. The van der Waals surface area contributed by atoms with E-state index in [-0.39, 0.29) is 10.6 Å². The van der Waals surface area contributed by atoms with Gasteiger partial charge in [0, 0.05) is 5.41 Å². The topological polar surface area (TPSA) is 71.5 Å². The van der Waals surface area contributed by atoms with E-state index in [4.69, 9.17) is 0 Å². The Balaban J connectivity index is 2.14. The van der Waals surface area contributed by atoms with Gasteiger partial charge in [-0.25, -0.2) is 16.8 Å². The Morgan fingerprint density at radius 3 is 2.24 bits per heavy atom. The van der Waals surface area contributed by atoms with E-state index in [1.54, 1.807) is 48.5 Å². The molecule has 0 saturated carbocycles. The summed E-state index contributed by atoms with van der Waals surface area (Å²) < 4.78 is 51.4. The summed E-state index contributed by atoms with van der Waals surface area (Å²) in [5.41, 5.74) is 2.30. The second-order valence-corrected chi connectivity index (χ2v) is 9.85. The Kier molecular flexibility index (Phi) is 4.47. The van der Waals surface area contributed by atoms with Gasteiger partial charge in [-0.3, -0.25) is 4.31 Å². The van der Waals surface area contributed by atoms with Crippen molar-refractivity contribution in [2.24, 2.45) is 0 Å². The van der Waals surface area contributed by atoms with Crippen LogP contribution in [0.3, 0.4) is 0 Å². The molecule has 5 nitrogen and oxygen atoms in total. The zero-order valence-electron chi connectivity index (χ0n) is 14.0. The second-order valence-electron chi connectivity index (χ2n) is 6.11. The minimum absolute atomic E-state index is 0.150. The van der Waals surface area contributed by atoms with E-state index in [1.165, 1.54) is 10.4 Å². The van der Waals surface area contributed by atoms with Crippen molar-refractivity contribution in [3.05, 3.63) is 71.1 Å². The third-order valence-electron chi connectivity index (χ3n) is 4.26. The maximum atomic E-state index is 13.3. The molecule has 1 heterocycles. The minimum Gasteiger partial charge on any atom is -0.258 e. The first-order valence-electron chi connectivity index (χ1n) is 7.78. The van der Waals surface area contributed by atoms with Crippen LogP contribution < -0.4 is 4.31 Å². The first-order valence-corrected chi connectivity index (χ1v) is 10.9. The minimum atomic E-state index is -3.91. The fourth-order valence-corrected chi connectivity index (χ4v) is 5.83. The highest BCUT2D eigenvalue weighted by Crippen LogP contribution is 2.30. The number of hydrogen-bond donors (Lipinski definition) is 0. The van der Waals surface area contributed by atoms with Crippen LogP contribution in [-0.2, 0) is 19.9 Å². The highest BCUT2D eigenvalue weighted by atomic mass is 32.2. The molecule has 132 valence electrons. The molecule has 0 aliphatic carbocycles. The zero-order chi connectivity index (χ0) is 18.2. The van der Waals surface area contributed by atoms with E-state index in [9.17, 15) is 16.8 Å². The molecule has 0 saturated heterocycles. The van der Waals surface area contributed by atoms with Crippen LogP contribution in [-0.4, -0.2) is 28.6 Å². The molecular weight excluding hydrogens is 358 g/mol. The molecule has 0 amide bonds. The van der Waals surface area contributed by atoms with Gasteiger partial charge in [-0.05, 0) is 55.3 Å². The molecule has 1 aliphatic heterocycles. The van der Waals surface area contributed by atoms with Gasteiger partial charge in [0.2, 0.25) is 0 Å². The molecule has 1 atom stereocenters. The SMILES string of the molecule is Cc1ccc(S(=O)(=O)N(c2ccccc2)[C@H]2C=CS(=O)(=O)C2)cc1C. The van der Waals surface area contributed by atoms with Gasteiger partial charge in [0.15, 0.2) is 9.84 Å². The number of rotatable bonds is 4. The number of sulfone groups is 1. The van der Waals surface area contributed by atoms with Crippen molar-refractivity contribution in [2.45, 2.75) is 24.8 Å². The molecule has 0 N–H and O–H groups in total. The molecule has 3 rings (SSSR count). The van der Waals surface area contributed by atoms with Gasteiger partial charge in [-0.2, -0.15) is 0 Å². The van der Waals surface area contributed by atoms with E-state index < -0.39 is 25.9 Å². The summed E-state index contributed by atoms with van der Waals surface area (Å²) >= 11 is 0. The van der Waals surface area contributed by atoms with Gasteiger partial charge >= 0.3 is 0 Å². The first-order chi connectivity index (χ1) is 11.7. The molecule has 2 aromatic carbocycles. The van der Waals surface area contributed by atoms with E-state index in [0.29, 0.717) is 5.69 Å². The van der Waals surface area contributed by atoms with Crippen LogP contribution in [0.25, 0.3) is 0 Å². The number of anilines is 1. The summed E-state index contributed by atoms with van der Waals surface area (Å²) in [6.45, 7) is 3.76. The Bertz CT molecular complexity index is 1030. The average Bonchev–Trinajstić information content (AvgIpc) is 2.90. The summed E-state index contributed by atoms with van der Waals surface area (Å²) in [4.78, 5) is 0.150. The normalized spacial score (nSPS) is 19.0. The highest BCUT2D eigenvalue weighted by Gasteiger charge is 2.35. The predicted octanol–water partition coefficient (Wildman–Crippen LogP) is 2.81. The lowest BCUT2D eigenvalue weighted by Crippen LogP contribution is -2.41. The maximum Gasteiger partial charge on any atom is 0.264 e. The number of nitrogens with zero attached hydrogens (tertiary/aromatic N) is 1. The van der Waals surface area contributed by atoms with Crippen molar-refractivity contribution >= 4 is 25.5 Å². The van der Waals surface area contributed by atoms with Crippen LogP contribution >= 0.6 is 0 Å². The standard InChI is InChI=1S/C18H19NO4S2/c1-14-8-9-18(12-15(14)2)25(22,23)19(16-6-4-3-5-7-16)17-10-11-24(20,21)13-17/h3-12,17H,13H2,1-2H3/t17-/m0/s1. The number of sulfonamides is 1. The third kappa shape index (κ3) is 3.48. The molecule has 25 heavy (non-hydrogen) atoms. The summed E-state index contributed by atoms with van der Waals surface area (Å²) in [5, 5.41) is 1.09. The number of hydrogen-bond acceptors (Lipinski definition) is 4. The monoisotopic (exact) mass is 377 g/mol. The molecule has 0 bridgehead atoms. The summed E-state index contributed by atoms with van der Waals surface area (Å²) in [6.07, 6.45) is 1.43. The summed E-state index contributed by atoms with van der Waals surface area (Å²) in [7, 11) is -7.30. The largest absolute Gasteiger partial charge is 0.264 e. The Labute approximate surface area is 148 Å².